The fourth-order valence-electron chi connectivity index (χ4n) is 1.06. The highest BCUT2D eigenvalue weighted by atomic mass is 16.5. The van der Waals surface area contributed by atoms with Crippen molar-refractivity contribution in [2.75, 3.05) is 12.8 Å². The summed E-state index contributed by atoms with van der Waals surface area (Å²) in [6.07, 6.45) is 0. The minimum Gasteiger partial charge on any atom is -0.424 e. The molecule has 3 N–H and O–H groups in total. The van der Waals surface area contributed by atoms with Crippen LogP contribution in [0.1, 0.15) is 17.3 Å². The van der Waals surface area contributed by atoms with E-state index in [2.05, 4.69) is 5.32 Å². The van der Waals surface area contributed by atoms with Crippen LogP contribution in [0.2, 0.25) is 0 Å². The third kappa shape index (κ3) is 2.70. The number of esters is 1. The molecule has 0 saturated heterocycles. The van der Waals surface area contributed by atoms with E-state index in [0.717, 1.165) is 0 Å². The standard InChI is InChI=1S/C10H12N2O3/c1-6(13)15-9-5-7(10(14)12-2)3-4-8(9)11/h3-5H,11H2,1-2H3,(H,12,14). The number of nitrogens with two attached hydrogens (primary N) is 1. The molecule has 0 radical (unpaired) electrons. The molecule has 0 aromatic heterocycles. The lowest BCUT2D eigenvalue weighted by molar-refractivity contribution is -0.131. The molecule has 1 rings (SSSR count). The summed E-state index contributed by atoms with van der Waals surface area (Å²) in [6, 6.07) is 4.50. The molecular formula is C10H12N2O3. The van der Waals surface area contributed by atoms with E-state index in [0.29, 0.717) is 11.3 Å². The van der Waals surface area contributed by atoms with Crippen LogP contribution < -0.4 is 15.8 Å². The highest BCUT2D eigenvalue weighted by Gasteiger charge is 2.08. The first-order chi connectivity index (χ1) is 7.04. The Kier molecular flexibility index (Phi) is 3.28. The highest BCUT2D eigenvalue weighted by Crippen LogP contribution is 2.22. The number of hydrogen-bond acceptors (Lipinski definition) is 4. The van der Waals surface area contributed by atoms with Crippen LogP contribution in [-0.4, -0.2) is 18.9 Å². The zero-order chi connectivity index (χ0) is 11.4. The number of nitrogen functional groups attached to an aromatic ring is 1. The van der Waals surface area contributed by atoms with E-state index >= 15 is 0 Å². The summed E-state index contributed by atoms with van der Waals surface area (Å²) in [5, 5.41) is 2.46. The Morgan fingerprint density at radius 1 is 1.40 bits per heavy atom. The lowest BCUT2D eigenvalue weighted by Gasteiger charge is -2.07. The SMILES string of the molecule is CNC(=O)c1ccc(N)c(OC(C)=O)c1. The lowest BCUT2D eigenvalue weighted by atomic mass is 10.2. The van der Waals surface area contributed by atoms with Crippen LogP contribution >= 0.6 is 0 Å². The molecule has 5 nitrogen and oxygen atoms in total. The smallest absolute Gasteiger partial charge is 0.308 e. The Hall–Kier alpha value is -2.04. The monoisotopic (exact) mass is 208 g/mol. The average molecular weight is 208 g/mol. The molecular weight excluding hydrogens is 196 g/mol. The molecule has 15 heavy (non-hydrogen) atoms. The summed E-state index contributed by atoms with van der Waals surface area (Å²) < 4.78 is 4.84. The maximum Gasteiger partial charge on any atom is 0.308 e. The van der Waals surface area contributed by atoms with Gasteiger partial charge in [-0.2, -0.15) is 0 Å². The van der Waals surface area contributed by atoms with Gasteiger partial charge in [-0.05, 0) is 18.2 Å². The van der Waals surface area contributed by atoms with Crippen LogP contribution in [0.25, 0.3) is 0 Å². The van der Waals surface area contributed by atoms with E-state index in [4.69, 9.17) is 10.5 Å². The van der Waals surface area contributed by atoms with E-state index in [1.807, 2.05) is 0 Å². The van der Waals surface area contributed by atoms with Crippen LogP contribution in [0.3, 0.4) is 0 Å². The van der Waals surface area contributed by atoms with Crippen LogP contribution in [0.15, 0.2) is 18.2 Å². The minimum atomic E-state index is -0.476. The molecule has 0 heterocycles. The van der Waals surface area contributed by atoms with Crippen molar-refractivity contribution in [3.63, 3.8) is 0 Å². The number of anilines is 1. The van der Waals surface area contributed by atoms with Crippen LogP contribution in [-0.2, 0) is 4.79 Å². The Morgan fingerprint density at radius 3 is 2.60 bits per heavy atom. The van der Waals surface area contributed by atoms with Gasteiger partial charge in [0.15, 0.2) is 5.75 Å². The number of carbonyl (C=O) groups excluding carboxylic acids is 2. The van der Waals surface area contributed by atoms with E-state index in [-0.39, 0.29) is 11.7 Å². The van der Waals surface area contributed by atoms with Crippen LogP contribution in [0.4, 0.5) is 5.69 Å². The summed E-state index contributed by atoms with van der Waals surface area (Å²) in [5.41, 5.74) is 6.28. The Bertz CT molecular complexity index is 402. The maximum atomic E-state index is 11.3. The van der Waals surface area contributed by atoms with Crippen LogP contribution in [0.5, 0.6) is 5.75 Å². The summed E-state index contributed by atoms with van der Waals surface area (Å²) in [6.45, 7) is 1.27. The van der Waals surface area contributed by atoms with Gasteiger partial charge in [-0.3, -0.25) is 9.59 Å². The molecule has 0 bridgehead atoms. The summed E-state index contributed by atoms with van der Waals surface area (Å²) in [5.74, 6) is -0.539. The van der Waals surface area contributed by atoms with Gasteiger partial charge >= 0.3 is 5.97 Å². The normalized spacial score (nSPS) is 9.47. The fourth-order valence-corrected chi connectivity index (χ4v) is 1.06. The first kappa shape index (κ1) is 11.0. The fraction of sp³-hybridized carbons (Fsp3) is 0.200. The summed E-state index contributed by atoms with van der Waals surface area (Å²) >= 11 is 0. The second-order valence-electron chi connectivity index (χ2n) is 2.93. The lowest BCUT2D eigenvalue weighted by Crippen LogP contribution is -2.18. The number of nitrogens with one attached hydrogen (secondary N) is 1. The van der Waals surface area contributed by atoms with Crippen molar-refractivity contribution in [2.45, 2.75) is 6.92 Å². The van der Waals surface area contributed by atoms with Crippen molar-refractivity contribution < 1.29 is 14.3 Å². The van der Waals surface area contributed by atoms with Crippen molar-refractivity contribution in [2.24, 2.45) is 0 Å². The molecule has 5 heteroatoms. The molecule has 0 aliphatic carbocycles. The number of rotatable bonds is 2. The molecule has 0 saturated carbocycles. The topological polar surface area (TPSA) is 81.4 Å². The molecule has 0 aliphatic heterocycles. The summed E-state index contributed by atoms with van der Waals surface area (Å²) in [7, 11) is 1.52. The van der Waals surface area contributed by atoms with Gasteiger partial charge in [-0.1, -0.05) is 0 Å². The molecule has 0 atom stereocenters. The van der Waals surface area contributed by atoms with Gasteiger partial charge in [-0.15, -0.1) is 0 Å². The van der Waals surface area contributed by atoms with Crippen molar-refractivity contribution >= 4 is 17.6 Å². The predicted octanol–water partition coefficient (Wildman–Crippen LogP) is 0.554. The number of amides is 1. The largest absolute Gasteiger partial charge is 0.424 e. The molecule has 0 aliphatic rings. The van der Waals surface area contributed by atoms with Gasteiger partial charge < -0.3 is 15.8 Å². The van der Waals surface area contributed by atoms with Gasteiger partial charge in [0.2, 0.25) is 0 Å². The zero-order valence-corrected chi connectivity index (χ0v) is 8.53. The third-order valence-corrected chi connectivity index (χ3v) is 1.76. The zero-order valence-electron chi connectivity index (χ0n) is 8.53. The van der Waals surface area contributed by atoms with E-state index in [1.165, 1.54) is 26.1 Å². The van der Waals surface area contributed by atoms with Crippen molar-refractivity contribution in [1.82, 2.24) is 5.32 Å². The number of carbonyl (C=O) groups is 2. The molecule has 1 aromatic carbocycles. The minimum absolute atomic E-state index is 0.198. The molecule has 0 fully saturated rings. The molecule has 1 aromatic rings. The van der Waals surface area contributed by atoms with Gasteiger partial charge in [-0.25, -0.2) is 0 Å². The van der Waals surface area contributed by atoms with E-state index < -0.39 is 5.97 Å². The molecule has 80 valence electrons. The van der Waals surface area contributed by atoms with Crippen molar-refractivity contribution in [3.05, 3.63) is 23.8 Å². The molecule has 0 spiro atoms. The Labute approximate surface area is 87.2 Å². The predicted molar refractivity (Wildman–Crippen MR) is 55.6 cm³/mol. The Balaban J connectivity index is 3.05. The summed E-state index contributed by atoms with van der Waals surface area (Å²) in [4.78, 5) is 22.0. The van der Waals surface area contributed by atoms with Gasteiger partial charge in [0.1, 0.15) is 0 Å². The first-order valence-electron chi connectivity index (χ1n) is 4.34. The van der Waals surface area contributed by atoms with Gasteiger partial charge in [0.05, 0.1) is 5.69 Å². The van der Waals surface area contributed by atoms with E-state index in [9.17, 15) is 9.59 Å². The second kappa shape index (κ2) is 4.45. The van der Waals surface area contributed by atoms with Gasteiger partial charge in [0.25, 0.3) is 5.91 Å². The highest BCUT2D eigenvalue weighted by molar-refractivity contribution is 5.95. The maximum absolute atomic E-state index is 11.3. The van der Waals surface area contributed by atoms with E-state index in [1.54, 1.807) is 6.07 Å². The molecule has 0 unspecified atom stereocenters. The number of hydrogen-bond donors (Lipinski definition) is 2. The van der Waals surface area contributed by atoms with Gasteiger partial charge in [0, 0.05) is 19.5 Å². The van der Waals surface area contributed by atoms with Crippen LogP contribution in [0, 0.1) is 0 Å². The molecule has 1 amide bonds. The number of ether oxygens (including phenoxy) is 1. The first-order valence-corrected chi connectivity index (χ1v) is 4.34. The Morgan fingerprint density at radius 2 is 2.07 bits per heavy atom. The van der Waals surface area contributed by atoms with Crippen molar-refractivity contribution in [3.8, 4) is 5.75 Å². The average Bonchev–Trinajstić information content (AvgIpc) is 2.19. The van der Waals surface area contributed by atoms with Crippen molar-refractivity contribution in [1.29, 1.82) is 0 Å². The second-order valence-corrected chi connectivity index (χ2v) is 2.93. The third-order valence-electron chi connectivity index (χ3n) is 1.76. The number of benzene rings is 1. The quantitative estimate of drug-likeness (QED) is 0.422.